The number of carbonyl (C=O) groups excluding carboxylic acids is 1. The Morgan fingerprint density at radius 2 is 2.00 bits per heavy atom. The van der Waals surface area contributed by atoms with Crippen LogP contribution >= 0.6 is 0 Å². The molecular weight excluding hydrogens is 281 g/mol. The van der Waals surface area contributed by atoms with E-state index < -0.39 is 17.6 Å². The average Bonchev–Trinajstić information content (AvgIpc) is 2.82. The molecule has 0 aromatic heterocycles. The van der Waals surface area contributed by atoms with Gasteiger partial charge in [-0.05, 0) is 43.4 Å². The number of hydrogen-bond acceptors (Lipinski definition) is 2. The molecule has 1 aromatic rings. The monoisotopic (exact) mass is 300 g/mol. The van der Waals surface area contributed by atoms with Crippen molar-refractivity contribution in [3.8, 4) is 0 Å². The number of anilines is 1. The molecular formula is C15H19F3N2O. The number of amides is 1. The molecule has 0 heterocycles. The highest BCUT2D eigenvalue weighted by molar-refractivity contribution is 6.00. The molecule has 116 valence electrons. The molecule has 1 saturated carbocycles. The average molecular weight is 300 g/mol. The van der Waals surface area contributed by atoms with Gasteiger partial charge in [-0.3, -0.25) is 4.79 Å². The van der Waals surface area contributed by atoms with E-state index >= 15 is 0 Å². The number of halogens is 3. The van der Waals surface area contributed by atoms with Gasteiger partial charge in [0, 0.05) is 18.8 Å². The maximum atomic E-state index is 12.8. The molecule has 2 atom stereocenters. The lowest BCUT2D eigenvalue weighted by Gasteiger charge is -2.16. The highest BCUT2D eigenvalue weighted by Crippen LogP contribution is 2.32. The summed E-state index contributed by atoms with van der Waals surface area (Å²) >= 11 is 0. The quantitative estimate of drug-likeness (QED) is 0.894. The van der Waals surface area contributed by atoms with Crippen LogP contribution in [-0.2, 0) is 6.18 Å². The number of alkyl halides is 3. The van der Waals surface area contributed by atoms with Gasteiger partial charge in [0.1, 0.15) is 0 Å². The minimum Gasteiger partial charge on any atom is -0.387 e. The van der Waals surface area contributed by atoms with Gasteiger partial charge in [-0.15, -0.1) is 0 Å². The summed E-state index contributed by atoms with van der Waals surface area (Å²) in [5, 5.41) is 5.59. The topological polar surface area (TPSA) is 41.1 Å². The standard InChI is InChI=1S/C15H19F3N2O/c1-9-3-5-11(7-9)20-14(21)12-8-10(15(16,17)18)4-6-13(12)19-2/h4,6,8-9,11,19H,3,5,7H2,1-2H3,(H,20,21). The molecule has 1 amide bonds. The second kappa shape index (κ2) is 5.95. The Bertz CT molecular complexity index is 528. The van der Waals surface area contributed by atoms with E-state index in [1.54, 1.807) is 7.05 Å². The molecule has 6 heteroatoms. The van der Waals surface area contributed by atoms with E-state index in [9.17, 15) is 18.0 Å². The molecule has 0 bridgehead atoms. The van der Waals surface area contributed by atoms with Crippen LogP contribution in [-0.4, -0.2) is 19.0 Å². The van der Waals surface area contributed by atoms with E-state index in [4.69, 9.17) is 0 Å². The molecule has 1 aromatic carbocycles. The van der Waals surface area contributed by atoms with E-state index in [-0.39, 0.29) is 11.6 Å². The third-order valence-corrected chi connectivity index (χ3v) is 3.89. The highest BCUT2D eigenvalue weighted by atomic mass is 19.4. The fourth-order valence-corrected chi connectivity index (χ4v) is 2.73. The van der Waals surface area contributed by atoms with Crippen molar-refractivity contribution in [1.82, 2.24) is 5.32 Å². The van der Waals surface area contributed by atoms with Gasteiger partial charge in [-0.2, -0.15) is 13.2 Å². The lowest BCUT2D eigenvalue weighted by molar-refractivity contribution is -0.137. The molecule has 3 nitrogen and oxygen atoms in total. The van der Waals surface area contributed by atoms with Crippen LogP contribution in [0.5, 0.6) is 0 Å². The van der Waals surface area contributed by atoms with Gasteiger partial charge in [0.05, 0.1) is 11.1 Å². The summed E-state index contributed by atoms with van der Waals surface area (Å²) in [6, 6.07) is 3.21. The largest absolute Gasteiger partial charge is 0.416 e. The van der Waals surface area contributed by atoms with Gasteiger partial charge in [0.25, 0.3) is 5.91 Å². The smallest absolute Gasteiger partial charge is 0.387 e. The first-order valence-corrected chi connectivity index (χ1v) is 7.01. The van der Waals surface area contributed by atoms with Crippen LogP contribution in [0.2, 0.25) is 0 Å². The molecule has 1 aliphatic carbocycles. The van der Waals surface area contributed by atoms with Crippen molar-refractivity contribution in [3.63, 3.8) is 0 Å². The van der Waals surface area contributed by atoms with Crippen molar-refractivity contribution < 1.29 is 18.0 Å². The molecule has 2 rings (SSSR count). The molecule has 0 saturated heterocycles. The molecule has 2 N–H and O–H groups in total. The second-order valence-corrected chi connectivity index (χ2v) is 5.60. The highest BCUT2D eigenvalue weighted by Gasteiger charge is 2.32. The molecule has 0 radical (unpaired) electrons. The number of nitrogens with one attached hydrogen (secondary N) is 2. The summed E-state index contributed by atoms with van der Waals surface area (Å²) in [4.78, 5) is 12.2. The van der Waals surface area contributed by atoms with Crippen molar-refractivity contribution in [2.75, 3.05) is 12.4 Å². The summed E-state index contributed by atoms with van der Waals surface area (Å²) in [5.41, 5.74) is -0.384. The minimum absolute atomic E-state index is 0.0341. The predicted molar refractivity (Wildman–Crippen MR) is 75.3 cm³/mol. The zero-order valence-corrected chi connectivity index (χ0v) is 12.1. The first kappa shape index (κ1) is 15.7. The zero-order chi connectivity index (χ0) is 15.6. The Balaban J connectivity index is 2.22. The summed E-state index contributed by atoms with van der Waals surface area (Å²) in [7, 11) is 1.58. The van der Waals surface area contributed by atoms with Crippen molar-refractivity contribution in [2.45, 2.75) is 38.4 Å². The van der Waals surface area contributed by atoms with E-state index in [0.29, 0.717) is 11.6 Å². The third kappa shape index (κ3) is 3.68. The fourth-order valence-electron chi connectivity index (χ4n) is 2.73. The molecule has 2 unspecified atom stereocenters. The third-order valence-electron chi connectivity index (χ3n) is 3.89. The summed E-state index contributed by atoms with van der Waals surface area (Å²) in [5.74, 6) is 0.0881. The van der Waals surface area contributed by atoms with Crippen LogP contribution in [0.3, 0.4) is 0 Å². The minimum atomic E-state index is -4.46. The summed E-state index contributed by atoms with van der Waals surface area (Å²) in [6.07, 6.45) is -1.67. The number of benzene rings is 1. The Kier molecular flexibility index (Phi) is 4.44. The Labute approximate surface area is 121 Å². The van der Waals surface area contributed by atoms with Gasteiger partial charge in [-0.1, -0.05) is 6.92 Å². The van der Waals surface area contributed by atoms with Crippen LogP contribution < -0.4 is 10.6 Å². The summed E-state index contributed by atoms with van der Waals surface area (Å²) < 4.78 is 38.3. The maximum absolute atomic E-state index is 12.8. The fraction of sp³-hybridized carbons (Fsp3) is 0.533. The van der Waals surface area contributed by atoms with Crippen LogP contribution in [0.4, 0.5) is 18.9 Å². The van der Waals surface area contributed by atoms with Crippen LogP contribution in [0.15, 0.2) is 18.2 Å². The number of hydrogen-bond donors (Lipinski definition) is 2. The molecule has 0 spiro atoms. The van der Waals surface area contributed by atoms with Crippen molar-refractivity contribution in [1.29, 1.82) is 0 Å². The van der Waals surface area contributed by atoms with Crippen LogP contribution in [0.25, 0.3) is 0 Å². The summed E-state index contributed by atoms with van der Waals surface area (Å²) in [6.45, 7) is 2.11. The number of rotatable bonds is 3. The first-order chi connectivity index (χ1) is 9.81. The van der Waals surface area contributed by atoms with Crippen molar-refractivity contribution in [3.05, 3.63) is 29.3 Å². The van der Waals surface area contributed by atoms with E-state index in [1.165, 1.54) is 6.07 Å². The maximum Gasteiger partial charge on any atom is 0.416 e. The van der Waals surface area contributed by atoms with Gasteiger partial charge in [0.2, 0.25) is 0 Å². The number of carbonyl (C=O) groups is 1. The van der Waals surface area contributed by atoms with Gasteiger partial charge >= 0.3 is 6.18 Å². The zero-order valence-electron chi connectivity index (χ0n) is 12.1. The van der Waals surface area contributed by atoms with Crippen molar-refractivity contribution >= 4 is 11.6 Å². The SMILES string of the molecule is CNc1ccc(C(F)(F)F)cc1C(=O)NC1CCC(C)C1. The Morgan fingerprint density at radius 3 is 2.52 bits per heavy atom. The van der Waals surface area contributed by atoms with E-state index in [1.807, 2.05) is 0 Å². The van der Waals surface area contributed by atoms with Gasteiger partial charge in [0.15, 0.2) is 0 Å². The second-order valence-electron chi connectivity index (χ2n) is 5.60. The molecule has 1 aliphatic rings. The Morgan fingerprint density at radius 1 is 1.29 bits per heavy atom. The lowest BCUT2D eigenvalue weighted by Crippen LogP contribution is -2.33. The molecule has 1 fully saturated rings. The predicted octanol–water partition coefficient (Wildman–Crippen LogP) is 3.67. The van der Waals surface area contributed by atoms with Gasteiger partial charge < -0.3 is 10.6 Å². The molecule has 0 aliphatic heterocycles. The first-order valence-electron chi connectivity index (χ1n) is 7.01. The van der Waals surface area contributed by atoms with Crippen LogP contribution in [0.1, 0.15) is 42.1 Å². The lowest BCUT2D eigenvalue weighted by atomic mass is 10.1. The van der Waals surface area contributed by atoms with Gasteiger partial charge in [-0.25, -0.2) is 0 Å². The molecule has 21 heavy (non-hydrogen) atoms. The normalized spacial score (nSPS) is 22.1. The van der Waals surface area contributed by atoms with E-state index in [0.717, 1.165) is 31.4 Å². The van der Waals surface area contributed by atoms with Crippen LogP contribution in [0, 0.1) is 5.92 Å². The van der Waals surface area contributed by atoms with E-state index in [2.05, 4.69) is 17.6 Å². The Hall–Kier alpha value is -1.72. The van der Waals surface area contributed by atoms with Crippen molar-refractivity contribution in [2.24, 2.45) is 5.92 Å².